The standard InChI is InChI=1S/C23H16ClNO5S/c1-13-2-4-14(5-3-13)12-25-21(26)20(31-23(25)29)11-16-7-9-19(30-16)15-6-8-17(22(27)28)18(24)10-15/h2-11H,12H2,1H3,(H,27,28). The number of furan rings is 1. The number of hydrogen-bond donors (Lipinski definition) is 1. The van der Waals surface area contributed by atoms with Crippen LogP contribution in [0.5, 0.6) is 0 Å². The normalized spacial score (nSPS) is 15.2. The summed E-state index contributed by atoms with van der Waals surface area (Å²) in [7, 11) is 0. The van der Waals surface area contributed by atoms with E-state index in [4.69, 9.17) is 21.1 Å². The average Bonchev–Trinajstić information content (AvgIpc) is 3.29. The van der Waals surface area contributed by atoms with Crippen molar-refractivity contribution in [2.75, 3.05) is 0 Å². The van der Waals surface area contributed by atoms with Crippen molar-refractivity contribution in [2.45, 2.75) is 13.5 Å². The Balaban J connectivity index is 1.53. The van der Waals surface area contributed by atoms with Crippen LogP contribution < -0.4 is 0 Å². The molecule has 0 radical (unpaired) electrons. The molecule has 0 saturated carbocycles. The molecular formula is C23H16ClNO5S. The molecule has 1 aromatic heterocycles. The Morgan fingerprint density at radius 3 is 2.55 bits per heavy atom. The molecule has 1 aliphatic heterocycles. The topological polar surface area (TPSA) is 87.8 Å². The predicted octanol–water partition coefficient (Wildman–Crippen LogP) is 5.84. The number of halogens is 1. The Kier molecular flexibility index (Phi) is 5.71. The van der Waals surface area contributed by atoms with E-state index in [1.807, 2.05) is 31.2 Å². The summed E-state index contributed by atoms with van der Waals surface area (Å²) in [5, 5.41) is 8.85. The summed E-state index contributed by atoms with van der Waals surface area (Å²) in [5.74, 6) is -0.626. The van der Waals surface area contributed by atoms with Gasteiger partial charge in [0.15, 0.2) is 0 Å². The Labute approximate surface area is 187 Å². The molecule has 0 unspecified atom stereocenters. The van der Waals surface area contributed by atoms with Crippen molar-refractivity contribution >= 4 is 46.6 Å². The number of aryl methyl sites for hydroxylation is 1. The van der Waals surface area contributed by atoms with Crippen LogP contribution >= 0.6 is 23.4 Å². The van der Waals surface area contributed by atoms with Gasteiger partial charge in [-0.05, 0) is 48.5 Å². The SMILES string of the molecule is Cc1ccc(CN2C(=O)SC(=Cc3ccc(-c4ccc(C(=O)O)c(Cl)c4)o3)C2=O)cc1. The van der Waals surface area contributed by atoms with E-state index < -0.39 is 5.97 Å². The predicted molar refractivity (Wildman–Crippen MR) is 119 cm³/mol. The van der Waals surface area contributed by atoms with Crippen molar-refractivity contribution < 1.29 is 23.9 Å². The van der Waals surface area contributed by atoms with Crippen molar-refractivity contribution in [3.8, 4) is 11.3 Å². The van der Waals surface area contributed by atoms with Gasteiger partial charge in [0, 0.05) is 11.6 Å². The molecule has 0 spiro atoms. The molecule has 2 aromatic carbocycles. The second-order valence-electron chi connectivity index (χ2n) is 6.96. The smallest absolute Gasteiger partial charge is 0.337 e. The molecule has 1 saturated heterocycles. The van der Waals surface area contributed by atoms with Gasteiger partial charge in [-0.25, -0.2) is 4.79 Å². The maximum absolute atomic E-state index is 12.7. The lowest BCUT2D eigenvalue weighted by atomic mass is 10.1. The van der Waals surface area contributed by atoms with Gasteiger partial charge in [-0.1, -0.05) is 47.5 Å². The van der Waals surface area contributed by atoms with Gasteiger partial charge in [0.25, 0.3) is 11.1 Å². The molecular weight excluding hydrogens is 438 g/mol. The average molecular weight is 454 g/mol. The lowest BCUT2D eigenvalue weighted by Gasteiger charge is -2.12. The number of imide groups is 1. The molecule has 2 amide bonds. The highest BCUT2D eigenvalue weighted by atomic mass is 35.5. The molecule has 1 aliphatic rings. The lowest BCUT2D eigenvalue weighted by molar-refractivity contribution is -0.123. The Bertz CT molecular complexity index is 1230. The van der Waals surface area contributed by atoms with Crippen molar-refractivity contribution in [3.63, 3.8) is 0 Å². The first-order valence-electron chi connectivity index (χ1n) is 9.26. The van der Waals surface area contributed by atoms with Crippen molar-refractivity contribution in [3.05, 3.63) is 87.0 Å². The third-order valence-corrected chi connectivity index (χ3v) is 5.94. The number of benzene rings is 2. The van der Waals surface area contributed by atoms with Crippen LogP contribution in [0.3, 0.4) is 0 Å². The number of nitrogens with zero attached hydrogens (tertiary/aromatic N) is 1. The maximum Gasteiger partial charge on any atom is 0.337 e. The molecule has 1 N–H and O–H groups in total. The second-order valence-corrected chi connectivity index (χ2v) is 8.36. The molecule has 31 heavy (non-hydrogen) atoms. The number of thioether (sulfide) groups is 1. The minimum absolute atomic E-state index is 0.000512. The summed E-state index contributed by atoms with van der Waals surface area (Å²) in [6, 6.07) is 15.5. The number of carbonyl (C=O) groups is 3. The monoisotopic (exact) mass is 453 g/mol. The van der Waals surface area contributed by atoms with E-state index in [2.05, 4.69) is 0 Å². The largest absolute Gasteiger partial charge is 0.478 e. The van der Waals surface area contributed by atoms with Crippen LogP contribution in [0.1, 0.15) is 27.2 Å². The van der Waals surface area contributed by atoms with E-state index in [0.29, 0.717) is 17.1 Å². The molecule has 1 fully saturated rings. The van der Waals surface area contributed by atoms with Crippen LogP contribution in [-0.2, 0) is 11.3 Å². The molecule has 156 valence electrons. The first kappa shape index (κ1) is 21.0. The first-order chi connectivity index (χ1) is 14.8. The van der Waals surface area contributed by atoms with Crippen molar-refractivity contribution in [1.29, 1.82) is 0 Å². The van der Waals surface area contributed by atoms with E-state index in [9.17, 15) is 14.4 Å². The summed E-state index contributed by atoms with van der Waals surface area (Å²) in [5.41, 5.74) is 2.57. The van der Waals surface area contributed by atoms with Gasteiger partial charge in [0.1, 0.15) is 11.5 Å². The van der Waals surface area contributed by atoms with Crippen molar-refractivity contribution in [1.82, 2.24) is 4.90 Å². The highest BCUT2D eigenvalue weighted by molar-refractivity contribution is 8.18. The number of aromatic carboxylic acids is 1. The lowest BCUT2D eigenvalue weighted by Crippen LogP contribution is -2.27. The fraction of sp³-hybridized carbons (Fsp3) is 0.0870. The van der Waals surface area contributed by atoms with Crippen LogP contribution in [-0.4, -0.2) is 27.1 Å². The van der Waals surface area contributed by atoms with Crippen LogP contribution in [0.2, 0.25) is 5.02 Å². The Morgan fingerprint density at radius 1 is 1.13 bits per heavy atom. The van der Waals surface area contributed by atoms with Crippen LogP contribution in [0.15, 0.2) is 63.9 Å². The quantitative estimate of drug-likeness (QED) is 0.488. The summed E-state index contributed by atoms with van der Waals surface area (Å²) >= 11 is 6.88. The fourth-order valence-corrected chi connectivity index (χ4v) is 4.15. The molecule has 0 atom stereocenters. The third kappa shape index (κ3) is 4.42. The van der Waals surface area contributed by atoms with Gasteiger partial charge in [-0.2, -0.15) is 0 Å². The van der Waals surface area contributed by atoms with Crippen LogP contribution in [0.25, 0.3) is 17.4 Å². The first-order valence-corrected chi connectivity index (χ1v) is 10.5. The summed E-state index contributed by atoms with van der Waals surface area (Å²) in [4.78, 5) is 37.6. The molecule has 0 bridgehead atoms. The molecule has 6 nitrogen and oxygen atoms in total. The fourth-order valence-electron chi connectivity index (χ4n) is 3.07. The summed E-state index contributed by atoms with van der Waals surface area (Å²) in [6.45, 7) is 2.18. The summed E-state index contributed by atoms with van der Waals surface area (Å²) < 4.78 is 5.76. The number of carboxylic acid groups (broad SMARTS) is 1. The van der Waals surface area contributed by atoms with E-state index in [1.165, 1.54) is 23.1 Å². The second kappa shape index (κ2) is 8.45. The zero-order valence-corrected chi connectivity index (χ0v) is 17.9. The van der Waals surface area contributed by atoms with Crippen molar-refractivity contribution in [2.24, 2.45) is 0 Å². The van der Waals surface area contributed by atoms with Crippen LogP contribution in [0, 0.1) is 6.92 Å². The van der Waals surface area contributed by atoms with Gasteiger partial charge >= 0.3 is 5.97 Å². The molecule has 3 aromatic rings. The van der Waals surface area contributed by atoms with Gasteiger partial charge < -0.3 is 9.52 Å². The van der Waals surface area contributed by atoms with Gasteiger partial charge in [0.05, 0.1) is 22.0 Å². The van der Waals surface area contributed by atoms with E-state index in [-0.39, 0.29) is 33.2 Å². The number of rotatable bonds is 5. The zero-order chi connectivity index (χ0) is 22.1. The summed E-state index contributed by atoms with van der Waals surface area (Å²) in [6.07, 6.45) is 1.52. The maximum atomic E-state index is 12.7. The molecule has 8 heteroatoms. The number of hydrogen-bond acceptors (Lipinski definition) is 5. The highest BCUT2D eigenvalue weighted by Gasteiger charge is 2.35. The van der Waals surface area contributed by atoms with E-state index in [1.54, 1.807) is 18.2 Å². The zero-order valence-electron chi connectivity index (χ0n) is 16.3. The number of carbonyl (C=O) groups excluding carboxylic acids is 2. The van der Waals surface area contributed by atoms with Gasteiger partial charge in [-0.15, -0.1) is 0 Å². The minimum Gasteiger partial charge on any atom is -0.478 e. The third-order valence-electron chi connectivity index (χ3n) is 4.72. The van der Waals surface area contributed by atoms with Gasteiger partial charge in [0.2, 0.25) is 0 Å². The highest BCUT2D eigenvalue weighted by Crippen LogP contribution is 2.34. The van der Waals surface area contributed by atoms with Crippen LogP contribution in [0.4, 0.5) is 4.79 Å². The molecule has 2 heterocycles. The van der Waals surface area contributed by atoms with E-state index >= 15 is 0 Å². The van der Waals surface area contributed by atoms with E-state index in [0.717, 1.165) is 22.9 Å². The minimum atomic E-state index is -1.11. The number of amides is 2. The molecule has 4 rings (SSSR count). The molecule has 0 aliphatic carbocycles. The van der Waals surface area contributed by atoms with Gasteiger partial charge in [-0.3, -0.25) is 14.5 Å². The Hall–Kier alpha value is -3.29. The Morgan fingerprint density at radius 2 is 1.87 bits per heavy atom. The number of carboxylic acids is 1.